The van der Waals surface area contributed by atoms with E-state index in [0.29, 0.717) is 0 Å². The summed E-state index contributed by atoms with van der Waals surface area (Å²) in [5.41, 5.74) is 0.180. The van der Waals surface area contributed by atoms with E-state index in [9.17, 15) is 4.79 Å². The van der Waals surface area contributed by atoms with Crippen LogP contribution in [-0.4, -0.2) is 50.2 Å². The predicted molar refractivity (Wildman–Crippen MR) is 78.1 cm³/mol. The smallest absolute Gasteiger partial charge is 0.322 e. The maximum Gasteiger partial charge on any atom is 0.322 e. The van der Waals surface area contributed by atoms with Crippen molar-refractivity contribution >= 4 is 5.97 Å². The molecule has 3 atom stereocenters. The van der Waals surface area contributed by atoms with Gasteiger partial charge in [-0.15, -0.1) is 0 Å². The lowest BCUT2D eigenvalue weighted by Gasteiger charge is -2.46. The van der Waals surface area contributed by atoms with Crippen LogP contribution in [0.25, 0.3) is 0 Å². The zero-order chi connectivity index (χ0) is 14.5. The van der Waals surface area contributed by atoms with Crippen molar-refractivity contribution in [2.75, 3.05) is 27.7 Å². The fraction of sp³-hybridized carbons (Fsp3) is 0.933. The van der Waals surface area contributed by atoms with Gasteiger partial charge in [0.15, 0.2) is 0 Å². The van der Waals surface area contributed by atoms with Gasteiger partial charge in [0.05, 0.1) is 7.11 Å². The summed E-state index contributed by atoms with van der Waals surface area (Å²) < 4.78 is 4.84. The van der Waals surface area contributed by atoms with Gasteiger partial charge in [-0.1, -0.05) is 26.7 Å². The number of methoxy groups -OCH3 is 1. The molecule has 0 spiro atoms. The summed E-state index contributed by atoms with van der Waals surface area (Å²) in [6.45, 7) is 5.20. The lowest BCUT2D eigenvalue weighted by molar-refractivity contribution is -0.143. The third-order valence-electron chi connectivity index (χ3n) is 4.59. The van der Waals surface area contributed by atoms with Crippen LogP contribution < -0.4 is 5.32 Å². The summed E-state index contributed by atoms with van der Waals surface area (Å²) in [6, 6.07) is -0.181. The molecule has 3 unspecified atom stereocenters. The Morgan fingerprint density at radius 3 is 2.68 bits per heavy atom. The first-order valence-corrected chi connectivity index (χ1v) is 7.44. The minimum absolute atomic E-state index is 0.153. The van der Waals surface area contributed by atoms with Gasteiger partial charge >= 0.3 is 5.97 Å². The van der Waals surface area contributed by atoms with E-state index in [2.05, 4.69) is 31.2 Å². The van der Waals surface area contributed by atoms with Gasteiger partial charge in [0, 0.05) is 12.1 Å². The number of hydrogen-bond donors (Lipinski definition) is 1. The normalized spacial score (nSPS) is 29.3. The van der Waals surface area contributed by atoms with Crippen molar-refractivity contribution < 1.29 is 9.53 Å². The van der Waals surface area contributed by atoms with E-state index < -0.39 is 0 Å². The van der Waals surface area contributed by atoms with Crippen molar-refractivity contribution in [1.29, 1.82) is 0 Å². The molecule has 0 aromatic carbocycles. The average molecular weight is 270 g/mol. The van der Waals surface area contributed by atoms with Crippen molar-refractivity contribution in [2.45, 2.75) is 57.5 Å². The fourth-order valence-electron chi connectivity index (χ4n) is 3.21. The Balaban J connectivity index is 2.66. The number of nitrogens with one attached hydrogen (secondary N) is 1. The lowest BCUT2D eigenvalue weighted by atomic mass is 9.75. The summed E-state index contributed by atoms with van der Waals surface area (Å²) in [5.74, 6) is 0.608. The van der Waals surface area contributed by atoms with Crippen LogP contribution in [0.3, 0.4) is 0 Å². The second kappa shape index (κ2) is 7.25. The monoisotopic (exact) mass is 270 g/mol. The Morgan fingerprint density at radius 2 is 2.21 bits per heavy atom. The molecular weight excluding hydrogens is 240 g/mol. The van der Waals surface area contributed by atoms with Crippen LogP contribution in [-0.2, 0) is 9.53 Å². The number of carbonyl (C=O) groups is 1. The van der Waals surface area contributed by atoms with Gasteiger partial charge < -0.3 is 15.0 Å². The van der Waals surface area contributed by atoms with Gasteiger partial charge in [0.25, 0.3) is 0 Å². The Morgan fingerprint density at radius 1 is 1.53 bits per heavy atom. The average Bonchev–Trinajstić information content (AvgIpc) is 2.38. The van der Waals surface area contributed by atoms with Gasteiger partial charge in [-0.3, -0.25) is 4.79 Å². The fourth-order valence-corrected chi connectivity index (χ4v) is 3.21. The third kappa shape index (κ3) is 4.18. The summed E-state index contributed by atoms with van der Waals surface area (Å²) >= 11 is 0. The van der Waals surface area contributed by atoms with Crippen LogP contribution in [0.4, 0.5) is 0 Å². The number of ether oxygens (including phenoxy) is 1. The van der Waals surface area contributed by atoms with E-state index in [1.54, 1.807) is 0 Å². The van der Waals surface area contributed by atoms with Crippen molar-refractivity contribution in [1.82, 2.24) is 10.2 Å². The highest BCUT2D eigenvalue weighted by molar-refractivity contribution is 5.75. The molecule has 0 aliphatic heterocycles. The largest absolute Gasteiger partial charge is 0.468 e. The van der Waals surface area contributed by atoms with E-state index in [1.165, 1.54) is 32.8 Å². The van der Waals surface area contributed by atoms with Crippen LogP contribution in [0, 0.1) is 5.92 Å². The van der Waals surface area contributed by atoms with Crippen LogP contribution in [0.2, 0.25) is 0 Å². The van der Waals surface area contributed by atoms with Crippen LogP contribution in [0.15, 0.2) is 0 Å². The maximum absolute atomic E-state index is 11.7. The Hall–Kier alpha value is -0.610. The number of likely N-dealkylation sites (N-methyl/N-ethyl adjacent to an activating group) is 1. The van der Waals surface area contributed by atoms with Crippen molar-refractivity contribution in [3.63, 3.8) is 0 Å². The molecule has 19 heavy (non-hydrogen) atoms. The second-order valence-electron chi connectivity index (χ2n) is 6.19. The molecule has 1 fully saturated rings. The van der Waals surface area contributed by atoms with Gasteiger partial charge in [-0.05, 0) is 39.3 Å². The Labute approximate surface area is 117 Å². The van der Waals surface area contributed by atoms with Crippen molar-refractivity contribution in [3.8, 4) is 0 Å². The topological polar surface area (TPSA) is 41.6 Å². The molecule has 0 aromatic heterocycles. The molecule has 0 bridgehead atoms. The van der Waals surface area contributed by atoms with Gasteiger partial charge in [-0.2, -0.15) is 0 Å². The summed E-state index contributed by atoms with van der Waals surface area (Å²) in [6.07, 6.45) is 5.77. The Bertz CT molecular complexity index is 294. The number of nitrogens with zero attached hydrogens (tertiary/aromatic N) is 1. The molecule has 4 heteroatoms. The molecule has 0 radical (unpaired) electrons. The molecule has 1 aliphatic carbocycles. The van der Waals surface area contributed by atoms with Crippen molar-refractivity contribution in [2.24, 2.45) is 5.92 Å². The molecule has 1 saturated carbocycles. The van der Waals surface area contributed by atoms with Crippen LogP contribution in [0.5, 0.6) is 0 Å². The quantitative estimate of drug-likeness (QED) is 0.750. The van der Waals surface area contributed by atoms with Crippen molar-refractivity contribution in [3.05, 3.63) is 0 Å². The zero-order valence-electron chi connectivity index (χ0n) is 13.2. The van der Waals surface area contributed by atoms with Gasteiger partial charge in [0.2, 0.25) is 0 Å². The first-order chi connectivity index (χ1) is 8.95. The van der Waals surface area contributed by atoms with E-state index >= 15 is 0 Å². The molecule has 1 N–H and O–H groups in total. The van der Waals surface area contributed by atoms with E-state index in [4.69, 9.17) is 4.74 Å². The van der Waals surface area contributed by atoms with E-state index in [-0.39, 0.29) is 17.6 Å². The van der Waals surface area contributed by atoms with Gasteiger partial charge in [0.1, 0.15) is 6.04 Å². The number of hydrogen-bond acceptors (Lipinski definition) is 4. The number of esters is 1. The second-order valence-corrected chi connectivity index (χ2v) is 6.19. The first-order valence-electron chi connectivity index (χ1n) is 7.44. The molecule has 0 amide bonds. The summed E-state index contributed by atoms with van der Waals surface area (Å²) in [5, 5.41) is 3.42. The van der Waals surface area contributed by atoms with Crippen LogP contribution in [0.1, 0.15) is 46.0 Å². The Kier molecular flexibility index (Phi) is 6.27. The molecule has 0 saturated heterocycles. The third-order valence-corrected chi connectivity index (χ3v) is 4.59. The van der Waals surface area contributed by atoms with Crippen LogP contribution >= 0.6 is 0 Å². The molecule has 0 heterocycles. The lowest BCUT2D eigenvalue weighted by Crippen LogP contribution is -2.56. The molecule has 1 aliphatic rings. The maximum atomic E-state index is 11.7. The SMILES string of the molecule is CCC(NCC1(N(C)C)CCCC(C)C1)C(=O)OC. The highest BCUT2D eigenvalue weighted by Gasteiger charge is 2.37. The minimum Gasteiger partial charge on any atom is -0.468 e. The van der Waals surface area contributed by atoms with Gasteiger partial charge in [-0.25, -0.2) is 0 Å². The molecular formula is C15H30N2O2. The molecule has 1 rings (SSSR count). The summed E-state index contributed by atoms with van der Waals surface area (Å²) in [4.78, 5) is 14.0. The number of rotatable bonds is 6. The van der Waals surface area contributed by atoms with E-state index in [1.807, 2.05) is 6.92 Å². The molecule has 112 valence electrons. The number of carbonyl (C=O) groups excluding carboxylic acids is 1. The highest BCUT2D eigenvalue weighted by Crippen LogP contribution is 2.35. The highest BCUT2D eigenvalue weighted by atomic mass is 16.5. The van der Waals surface area contributed by atoms with E-state index in [0.717, 1.165) is 18.9 Å². The first kappa shape index (κ1) is 16.4. The minimum atomic E-state index is -0.181. The zero-order valence-corrected chi connectivity index (χ0v) is 13.2. The standard InChI is InChI=1S/C15H30N2O2/c1-6-13(14(18)19-5)16-11-15(17(3)4)9-7-8-12(2)10-15/h12-13,16H,6-11H2,1-5H3. The molecule has 4 nitrogen and oxygen atoms in total. The predicted octanol–water partition coefficient (Wildman–Crippen LogP) is 2.04. The molecule has 0 aromatic rings. The summed E-state index contributed by atoms with van der Waals surface area (Å²) in [7, 11) is 5.76.